The van der Waals surface area contributed by atoms with Crippen LogP contribution in [-0.4, -0.2) is 147 Å². The van der Waals surface area contributed by atoms with E-state index in [4.69, 9.17) is 61.6 Å². The zero-order valence-electron chi connectivity index (χ0n) is 44.7. The van der Waals surface area contributed by atoms with Crippen LogP contribution in [0.25, 0.3) is 0 Å². The quantitative estimate of drug-likeness (QED) is 0.123. The number of esters is 4. The minimum Gasteiger partial charge on any atom is -0.497 e. The van der Waals surface area contributed by atoms with E-state index in [0.29, 0.717) is 17.9 Å². The maximum absolute atomic E-state index is 13.8. The highest BCUT2D eigenvalue weighted by Gasteiger charge is 2.58. The first-order valence-electron chi connectivity index (χ1n) is 25.5. The average Bonchev–Trinajstić information content (AvgIpc) is 3.33. The Bertz CT molecular complexity index is 1950. The Morgan fingerprint density at radius 3 is 1.81 bits per heavy atom. The Morgan fingerprint density at radius 2 is 1.25 bits per heavy atom. The highest BCUT2D eigenvalue weighted by Crippen LogP contribution is 2.43. The van der Waals surface area contributed by atoms with E-state index in [1.165, 1.54) is 27.7 Å². The lowest BCUT2D eigenvalue weighted by Gasteiger charge is -2.51. The summed E-state index contributed by atoms with van der Waals surface area (Å²) in [6.45, 7) is 22.1. The van der Waals surface area contributed by atoms with E-state index in [0.717, 1.165) is 13.5 Å². The van der Waals surface area contributed by atoms with Gasteiger partial charge in [0, 0.05) is 51.9 Å². The Kier molecular flexibility index (Phi) is 21.1. The summed E-state index contributed by atoms with van der Waals surface area (Å²) in [5.74, 6) is -6.27. The molecule has 4 saturated heterocycles. The molecule has 1 aromatic carbocycles. The van der Waals surface area contributed by atoms with E-state index < -0.39 is 133 Å². The van der Waals surface area contributed by atoms with Gasteiger partial charge in [-0.3, -0.25) is 19.2 Å². The largest absolute Gasteiger partial charge is 0.497 e. The summed E-state index contributed by atoms with van der Waals surface area (Å²) in [5, 5.41) is 14.6. The van der Waals surface area contributed by atoms with Crippen LogP contribution in [0, 0.1) is 35.5 Å². The van der Waals surface area contributed by atoms with E-state index in [2.05, 4.69) is 26.1 Å². The molecule has 7 unspecified atom stereocenters. The van der Waals surface area contributed by atoms with Crippen molar-refractivity contribution in [3.05, 3.63) is 24.3 Å². The molecule has 2 N–H and O–H groups in total. The molecule has 0 aromatic heterocycles. The van der Waals surface area contributed by atoms with E-state index in [-0.39, 0.29) is 43.3 Å². The summed E-state index contributed by atoms with van der Waals surface area (Å²) in [7, 11) is 2.73. The molecule has 4 fully saturated rings. The third-order valence-corrected chi connectivity index (χ3v) is 15.1. The molecule has 408 valence electrons. The Hall–Kier alpha value is -4.15. The summed E-state index contributed by atoms with van der Waals surface area (Å²) >= 11 is 0. The highest BCUT2D eigenvalue weighted by molar-refractivity contribution is 5.78. The van der Waals surface area contributed by atoms with Gasteiger partial charge in [-0.05, 0) is 61.3 Å². The van der Waals surface area contributed by atoms with Crippen LogP contribution in [0.5, 0.6) is 11.5 Å². The molecule has 5 rings (SSSR count). The topological polar surface area (TPSA) is 238 Å². The number of nitrogens with one attached hydrogen (secondary N) is 1. The molecule has 0 saturated carbocycles. The van der Waals surface area contributed by atoms with Gasteiger partial charge in [0.05, 0.1) is 57.4 Å². The number of hydrogen-bond acceptors (Lipinski definition) is 19. The van der Waals surface area contributed by atoms with Gasteiger partial charge in [-0.15, -0.1) is 0 Å². The number of hydrogen-bond donors (Lipinski definition) is 2. The van der Waals surface area contributed by atoms with Crippen molar-refractivity contribution in [2.45, 2.75) is 207 Å². The number of rotatable bonds is 20. The number of benzene rings is 1. The lowest BCUT2D eigenvalue weighted by molar-refractivity contribution is -0.357. The number of amides is 1. The molecule has 0 bridgehead atoms. The fourth-order valence-corrected chi connectivity index (χ4v) is 10.5. The second-order valence-electron chi connectivity index (χ2n) is 19.9. The summed E-state index contributed by atoms with van der Waals surface area (Å²) < 4.78 is 81.0. The van der Waals surface area contributed by atoms with Gasteiger partial charge in [0.2, 0.25) is 12.2 Å². The molecule has 21 atom stereocenters. The number of aliphatic hydroxyl groups excluding tert-OH is 1. The Balaban J connectivity index is 1.43. The van der Waals surface area contributed by atoms with Crippen molar-refractivity contribution in [2.24, 2.45) is 35.5 Å². The highest BCUT2D eigenvalue weighted by atomic mass is 16.8. The van der Waals surface area contributed by atoms with E-state index in [1.54, 1.807) is 45.2 Å². The van der Waals surface area contributed by atoms with Crippen molar-refractivity contribution in [1.29, 1.82) is 0 Å². The van der Waals surface area contributed by atoms with Crippen LogP contribution in [0.4, 0.5) is 0 Å². The molecular weight excluding hydrogens is 943 g/mol. The molecule has 4 aliphatic rings. The number of carbonyl (C=O) groups is 5. The van der Waals surface area contributed by atoms with E-state index >= 15 is 0 Å². The van der Waals surface area contributed by atoms with Crippen LogP contribution in [0.15, 0.2) is 24.3 Å². The van der Waals surface area contributed by atoms with Crippen LogP contribution >= 0.6 is 0 Å². The second-order valence-corrected chi connectivity index (χ2v) is 19.9. The Labute approximate surface area is 424 Å². The first-order valence-corrected chi connectivity index (χ1v) is 25.5. The standard InChI is InChI=1S/C52H81NO19/c1-16-38-25(4)27(6)46(49(67-38)66-36-21-19-35(60-14)20-22-36)71-48-42(53-31(10)54)30(9)43(39(17-2)68-48)70-50-45(64-33(12)56)28(7)26(5)41(69-50)24-62-52(51(59)61-15)23-37(58)29(8)44(72-52)47(65-34(13)57)40(18-3)63-32(11)55/h19-22,25-30,37-50,58H,16-18,23-24H2,1-15H3,(H,53,54)/t25-,26+,27-,28-,29+,30+,37+,38?,39?,40+,41?,42?,43-,44?,45?,46?,47+,48-,49-,50-,52+/m0/s1. The van der Waals surface area contributed by atoms with Crippen molar-refractivity contribution in [3.63, 3.8) is 0 Å². The maximum Gasteiger partial charge on any atom is 0.366 e. The monoisotopic (exact) mass is 1020 g/mol. The molecule has 4 aliphatic heterocycles. The fourth-order valence-electron chi connectivity index (χ4n) is 10.5. The SMILES string of the molecule is CCC1O[C@H](Oc2ccc(OC)cc2)C(O[C@@H]2OC(CC)[C@@H](O[C@@H]3OC(CO[C@]4(C(=O)OC)C[C@@H](O)[C@@H](C)C([C@H](OC(C)=O)[C@@H](CC)OC(C)=O)O4)[C@H](C)[C@H](C)C3OC(C)=O)[C@H](C)C2NC(C)=O)[C@@H](C)[C@@H]1C. The van der Waals surface area contributed by atoms with Gasteiger partial charge in [0.1, 0.15) is 29.8 Å². The third-order valence-electron chi connectivity index (χ3n) is 15.1. The number of methoxy groups -OCH3 is 2. The summed E-state index contributed by atoms with van der Waals surface area (Å²) in [6, 6.07) is 6.43. The number of ether oxygens (including phenoxy) is 13. The molecule has 0 radical (unpaired) electrons. The first kappa shape index (κ1) is 58.7. The molecular formula is C52H81NO19. The average molecular weight is 1020 g/mol. The maximum atomic E-state index is 13.8. The van der Waals surface area contributed by atoms with Gasteiger partial charge < -0.3 is 72.0 Å². The van der Waals surface area contributed by atoms with Crippen LogP contribution in [0.1, 0.15) is 116 Å². The molecule has 0 aliphatic carbocycles. The van der Waals surface area contributed by atoms with Crippen molar-refractivity contribution in [1.82, 2.24) is 5.32 Å². The van der Waals surface area contributed by atoms with Crippen molar-refractivity contribution in [3.8, 4) is 11.5 Å². The lowest BCUT2D eigenvalue weighted by atomic mass is 9.82. The number of carbonyl (C=O) groups excluding carboxylic acids is 5. The zero-order chi connectivity index (χ0) is 53.4. The normalized spacial score (nSPS) is 37.8. The Morgan fingerprint density at radius 1 is 0.681 bits per heavy atom. The summed E-state index contributed by atoms with van der Waals surface area (Å²) in [6.07, 6.45) is -10.6. The molecule has 20 heteroatoms. The van der Waals surface area contributed by atoms with Crippen LogP contribution in [-0.2, 0) is 76.1 Å². The smallest absolute Gasteiger partial charge is 0.366 e. The third kappa shape index (κ3) is 13.8. The molecule has 4 heterocycles. The molecule has 1 aromatic rings. The van der Waals surface area contributed by atoms with Crippen LogP contribution < -0.4 is 14.8 Å². The predicted molar refractivity (Wildman–Crippen MR) is 256 cm³/mol. The lowest BCUT2D eigenvalue weighted by Crippen LogP contribution is -2.65. The summed E-state index contributed by atoms with van der Waals surface area (Å²) in [5.41, 5.74) is 0. The van der Waals surface area contributed by atoms with Crippen LogP contribution in [0.2, 0.25) is 0 Å². The van der Waals surface area contributed by atoms with Crippen molar-refractivity contribution < 1.29 is 90.7 Å². The number of aliphatic hydroxyl groups is 1. The van der Waals surface area contributed by atoms with E-state index in [1.807, 2.05) is 27.7 Å². The van der Waals surface area contributed by atoms with Gasteiger partial charge in [-0.1, -0.05) is 62.3 Å². The summed E-state index contributed by atoms with van der Waals surface area (Å²) in [4.78, 5) is 64.2. The molecule has 72 heavy (non-hydrogen) atoms. The van der Waals surface area contributed by atoms with E-state index in [9.17, 15) is 29.1 Å². The van der Waals surface area contributed by atoms with Gasteiger partial charge in [-0.25, -0.2) is 4.79 Å². The second kappa shape index (κ2) is 25.9. The minimum atomic E-state index is -2.25. The molecule has 1 amide bonds. The van der Waals surface area contributed by atoms with Gasteiger partial charge in [0.15, 0.2) is 24.8 Å². The fraction of sp³-hybridized carbons (Fsp3) is 0.788. The minimum absolute atomic E-state index is 0.0696. The zero-order valence-corrected chi connectivity index (χ0v) is 44.7. The van der Waals surface area contributed by atoms with Gasteiger partial charge in [0.25, 0.3) is 5.79 Å². The van der Waals surface area contributed by atoms with Crippen molar-refractivity contribution in [2.75, 3.05) is 20.8 Å². The molecule has 20 nitrogen and oxygen atoms in total. The van der Waals surface area contributed by atoms with Crippen molar-refractivity contribution >= 4 is 29.8 Å². The predicted octanol–water partition coefficient (Wildman–Crippen LogP) is 5.40. The van der Waals surface area contributed by atoms with Gasteiger partial charge in [-0.2, -0.15) is 0 Å². The van der Waals surface area contributed by atoms with Gasteiger partial charge >= 0.3 is 23.9 Å². The molecule has 0 spiro atoms. The first-order chi connectivity index (χ1) is 34.0. The van der Waals surface area contributed by atoms with Crippen LogP contribution in [0.3, 0.4) is 0 Å².